The Bertz CT molecular complexity index is 3090. The zero-order valence-electron chi connectivity index (χ0n) is 36.1. The molecule has 6 aliphatic carbocycles. The molecule has 0 unspecified atom stereocenters. The second kappa shape index (κ2) is 12.4. The Balaban J connectivity index is 0.982. The molecule has 300 valence electrons. The highest BCUT2D eigenvalue weighted by Crippen LogP contribution is 2.69. The van der Waals surface area contributed by atoms with Crippen molar-refractivity contribution in [1.29, 1.82) is 0 Å². The number of rotatable bonds is 4. The molecule has 0 amide bonds. The maximum Gasteiger partial charge on any atom is 0.137 e. The van der Waals surface area contributed by atoms with Crippen LogP contribution in [0.3, 0.4) is 0 Å². The minimum atomic E-state index is -0.106. The number of benzene rings is 7. The van der Waals surface area contributed by atoms with Gasteiger partial charge in [-0.25, -0.2) is 0 Å². The van der Waals surface area contributed by atoms with Gasteiger partial charge in [-0.1, -0.05) is 126 Å². The molecule has 2 nitrogen and oxygen atoms in total. The van der Waals surface area contributed by atoms with Gasteiger partial charge in [-0.2, -0.15) is 0 Å². The summed E-state index contributed by atoms with van der Waals surface area (Å²) in [5.41, 5.74) is 20.8. The molecular weight excluding hydrogens is 739 g/mol. The molecule has 1 heterocycles. The van der Waals surface area contributed by atoms with Gasteiger partial charge in [-0.05, 0) is 171 Å². The first-order valence-corrected chi connectivity index (χ1v) is 22.9. The van der Waals surface area contributed by atoms with Gasteiger partial charge < -0.3 is 9.32 Å². The molecular formula is C59H53NO. The van der Waals surface area contributed by atoms with Gasteiger partial charge in [0.2, 0.25) is 0 Å². The fraction of sp³-hybridized carbons (Fsp3) is 0.288. The lowest BCUT2D eigenvalue weighted by molar-refractivity contribution is -0.0399. The van der Waals surface area contributed by atoms with Crippen molar-refractivity contribution in [3.8, 4) is 33.4 Å². The normalized spacial score (nSPS) is 23.7. The fourth-order valence-corrected chi connectivity index (χ4v) is 13.8. The standard InChI is InChI=1S/C59H53NO/c1-57(2,3)39-17-14-37(15-18-39)38-16-25-55-50(31-38)49-24-21-44(34-56(49)61-55)60(42-19-22-47-45-10-6-8-12-51(45)58(4,5)53(47)32-42)43-20-23-48-46-11-7-9-13-52(46)59(54(48)33-43)40-27-35-26-36(29-40)30-41(59)28-35/h6-25,31-36,40-41H,26-30H2,1-5H3. The second-order valence-electron chi connectivity index (χ2n) is 21.0. The second-order valence-corrected chi connectivity index (χ2v) is 21.0. The van der Waals surface area contributed by atoms with Crippen LogP contribution in [0.25, 0.3) is 55.3 Å². The number of nitrogens with zero attached hydrogens (tertiary/aromatic N) is 1. The van der Waals surface area contributed by atoms with Crippen molar-refractivity contribution in [2.45, 2.75) is 83.0 Å². The van der Waals surface area contributed by atoms with E-state index in [1.54, 1.807) is 11.1 Å². The first-order chi connectivity index (χ1) is 29.6. The summed E-state index contributed by atoms with van der Waals surface area (Å²) in [7, 11) is 0. The van der Waals surface area contributed by atoms with Gasteiger partial charge in [0.05, 0.1) is 0 Å². The topological polar surface area (TPSA) is 16.4 Å². The van der Waals surface area contributed by atoms with Gasteiger partial charge in [-0.15, -0.1) is 0 Å². The Morgan fingerprint density at radius 2 is 1.03 bits per heavy atom. The minimum absolute atomic E-state index is 0.0933. The summed E-state index contributed by atoms with van der Waals surface area (Å²) in [5, 5.41) is 2.30. The summed E-state index contributed by atoms with van der Waals surface area (Å²) < 4.78 is 6.76. The molecule has 1 spiro atoms. The van der Waals surface area contributed by atoms with Crippen LogP contribution in [0.5, 0.6) is 0 Å². The number of hydrogen-bond acceptors (Lipinski definition) is 2. The van der Waals surface area contributed by atoms with Crippen molar-refractivity contribution >= 4 is 39.0 Å². The lowest BCUT2D eigenvalue weighted by atomic mass is 9.43. The summed E-state index contributed by atoms with van der Waals surface area (Å²) in [6.45, 7) is 11.6. The van der Waals surface area contributed by atoms with Crippen molar-refractivity contribution < 1.29 is 4.42 Å². The third kappa shape index (κ3) is 4.97. The van der Waals surface area contributed by atoms with Gasteiger partial charge in [0, 0.05) is 44.7 Å². The maximum atomic E-state index is 6.76. The van der Waals surface area contributed by atoms with Crippen LogP contribution in [0.1, 0.15) is 94.5 Å². The van der Waals surface area contributed by atoms with Gasteiger partial charge in [0.15, 0.2) is 0 Å². The van der Waals surface area contributed by atoms with Gasteiger partial charge in [0.25, 0.3) is 0 Å². The summed E-state index contributed by atoms with van der Waals surface area (Å²) >= 11 is 0. The molecule has 0 radical (unpaired) electrons. The van der Waals surface area contributed by atoms with Crippen molar-refractivity contribution in [3.05, 3.63) is 173 Å². The number of anilines is 3. The monoisotopic (exact) mass is 791 g/mol. The molecule has 4 fully saturated rings. The van der Waals surface area contributed by atoms with Gasteiger partial charge in [0.1, 0.15) is 11.2 Å². The lowest BCUT2D eigenvalue weighted by Crippen LogP contribution is -2.55. The quantitative estimate of drug-likeness (QED) is 0.177. The summed E-state index contributed by atoms with van der Waals surface area (Å²) in [6, 6.07) is 55.8. The summed E-state index contributed by atoms with van der Waals surface area (Å²) in [4.78, 5) is 2.53. The van der Waals surface area contributed by atoms with Crippen molar-refractivity contribution in [2.24, 2.45) is 23.7 Å². The molecule has 0 aliphatic heterocycles. The van der Waals surface area contributed by atoms with Gasteiger partial charge in [-0.3, -0.25) is 0 Å². The van der Waals surface area contributed by atoms with E-state index in [9.17, 15) is 0 Å². The number of hydrogen-bond donors (Lipinski definition) is 0. The minimum Gasteiger partial charge on any atom is -0.456 e. The fourth-order valence-electron chi connectivity index (χ4n) is 13.8. The molecule has 4 bridgehead atoms. The van der Waals surface area contributed by atoms with Crippen LogP contribution in [0, 0.1) is 23.7 Å². The van der Waals surface area contributed by atoms with Crippen molar-refractivity contribution in [1.82, 2.24) is 0 Å². The molecule has 7 aromatic carbocycles. The van der Waals surface area contributed by atoms with Crippen LogP contribution in [-0.4, -0.2) is 0 Å². The zero-order chi connectivity index (χ0) is 41.0. The molecule has 8 aromatic rings. The van der Waals surface area contributed by atoms with E-state index in [0.29, 0.717) is 11.8 Å². The molecule has 0 N–H and O–H groups in total. The van der Waals surface area contributed by atoms with Crippen LogP contribution >= 0.6 is 0 Å². The van der Waals surface area contributed by atoms with E-state index in [-0.39, 0.29) is 16.2 Å². The molecule has 2 heteroatoms. The van der Waals surface area contributed by atoms with E-state index in [1.165, 1.54) is 93.5 Å². The maximum absolute atomic E-state index is 6.76. The van der Waals surface area contributed by atoms with E-state index < -0.39 is 0 Å². The largest absolute Gasteiger partial charge is 0.456 e. The molecule has 0 saturated heterocycles. The summed E-state index contributed by atoms with van der Waals surface area (Å²) in [6.07, 6.45) is 6.97. The van der Waals surface area contributed by atoms with E-state index in [0.717, 1.165) is 39.5 Å². The molecule has 14 rings (SSSR count). The highest BCUT2D eigenvalue weighted by Gasteiger charge is 2.61. The Morgan fingerprint density at radius 3 is 1.72 bits per heavy atom. The number of fused-ring (bicyclic) bond motifs is 9. The van der Waals surface area contributed by atoms with Crippen LogP contribution < -0.4 is 4.90 Å². The average molecular weight is 792 g/mol. The molecule has 4 saturated carbocycles. The average Bonchev–Trinajstić information content (AvgIpc) is 3.85. The molecule has 6 aliphatic rings. The van der Waals surface area contributed by atoms with Crippen LogP contribution in [0.4, 0.5) is 17.1 Å². The predicted octanol–water partition coefficient (Wildman–Crippen LogP) is 16.0. The molecule has 0 atom stereocenters. The van der Waals surface area contributed by atoms with Crippen LogP contribution in [0.2, 0.25) is 0 Å². The third-order valence-corrected chi connectivity index (χ3v) is 16.4. The zero-order valence-corrected chi connectivity index (χ0v) is 36.1. The smallest absolute Gasteiger partial charge is 0.137 e. The summed E-state index contributed by atoms with van der Waals surface area (Å²) in [5.74, 6) is 3.23. The highest BCUT2D eigenvalue weighted by atomic mass is 16.3. The Hall–Kier alpha value is -5.86. The first-order valence-electron chi connectivity index (χ1n) is 22.9. The predicted molar refractivity (Wildman–Crippen MR) is 253 cm³/mol. The SMILES string of the molecule is CC(C)(C)c1ccc(-c2ccc3oc4cc(N(c5ccc6c(c5)C(C)(C)c5ccccc5-6)c5ccc6c(c5)C5(c7ccccc7-6)C6CC7CC(C6)CC5C7)ccc4c3c2)cc1. The van der Waals surface area contributed by atoms with Crippen LogP contribution in [0.15, 0.2) is 150 Å². The number of furan rings is 1. The molecule has 61 heavy (non-hydrogen) atoms. The Kier molecular flexibility index (Phi) is 7.27. The molecule has 1 aromatic heterocycles. The Labute approximate surface area is 360 Å². The van der Waals surface area contributed by atoms with E-state index in [1.807, 2.05) is 0 Å². The highest BCUT2D eigenvalue weighted by molar-refractivity contribution is 6.07. The lowest BCUT2D eigenvalue weighted by Gasteiger charge is -2.61. The third-order valence-electron chi connectivity index (χ3n) is 16.4. The van der Waals surface area contributed by atoms with Crippen LogP contribution in [-0.2, 0) is 16.2 Å². The van der Waals surface area contributed by atoms with E-state index in [2.05, 4.69) is 185 Å². The van der Waals surface area contributed by atoms with Crippen molar-refractivity contribution in [3.63, 3.8) is 0 Å². The van der Waals surface area contributed by atoms with Crippen molar-refractivity contribution in [2.75, 3.05) is 4.90 Å². The Morgan fingerprint density at radius 1 is 0.475 bits per heavy atom. The van der Waals surface area contributed by atoms with Gasteiger partial charge >= 0.3 is 0 Å². The van der Waals surface area contributed by atoms with E-state index >= 15 is 0 Å². The van der Waals surface area contributed by atoms with E-state index in [4.69, 9.17) is 4.42 Å². The first kappa shape index (κ1) is 35.9.